The summed E-state index contributed by atoms with van der Waals surface area (Å²) in [7, 11) is -1.67. The van der Waals surface area contributed by atoms with Crippen LogP contribution >= 0.6 is 22.7 Å². The van der Waals surface area contributed by atoms with E-state index in [1.54, 1.807) is 17.5 Å². The molecule has 166 valence electrons. The zero-order valence-electron chi connectivity index (χ0n) is 20.2. The summed E-state index contributed by atoms with van der Waals surface area (Å²) in [5.41, 5.74) is 0. The number of thiophene rings is 2. The van der Waals surface area contributed by atoms with Crippen LogP contribution in [-0.2, 0) is 0 Å². The van der Waals surface area contributed by atoms with Crippen molar-refractivity contribution >= 4 is 65.2 Å². The van der Waals surface area contributed by atoms with Crippen molar-refractivity contribution in [2.24, 2.45) is 11.8 Å². The first kappa shape index (κ1) is 25.0. The zero-order valence-corrected chi connectivity index (χ0v) is 25.7. The summed E-state index contributed by atoms with van der Waals surface area (Å²) in [6.07, 6.45) is 11.2. The van der Waals surface area contributed by atoms with Crippen molar-refractivity contribution in [2.75, 3.05) is 0 Å². The fourth-order valence-corrected chi connectivity index (χ4v) is 18.8. The van der Waals surface area contributed by atoms with Gasteiger partial charge in [0.15, 0.2) is 0 Å². The number of unbranched alkanes of at least 4 members (excludes halogenated alkanes) is 2. The van der Waals surface area contributed by atoms with Crippen molar-refractivity contribution < 1.29 is 0 Å². The number of fused-ring (bicyclic) bond motifs is 3. The van der Waals surface area contributed by atoms with Gasteiger partial charge in [-0.2, -0.15) is 0 Å². The summed E-state index contributed by atoms with van der Waals surface area (Å²) < 4.78 is 1.79. The predicted molar refractivity (Wildman–Crippen MR) is 145 cm³/mol. The Labute approximate surface area is 205 Å². The summed E-state index contributed by atoms with van der Waals surface area (Å²) in [5, 5.41) is 3.76. The summed E-state index contributed by atoms with van der Waals surface area (Å²) in [5.74, 6) is 1.84. The average molecular weight is 566 g/mol. The van der Waals surface area contributed by atoms with E-state index in [0.29, 0.717) is 0 Å². The second-order valence-electron chi connectivity index (χ2n) is 9.53. The third-order valence-corrected chi connectivity index (χ3v) is 19.4. The minimum atomic E-state index is -1.67. The molecule has 0 nitrogen and oxygen atoms in total. The summed E-state index contributed by atoms with van der Waals surface area (Å²) in [6, 6.07) is 8.46. The van der Waals surface area contributed by atoms with Gasteiger partial charge in [0.25, 0.3) is 0 Å². The fourth-order valence-electron chi connectivity index (χ4n) is 5.62. The maximum atomic E-state index is 2.76. The number of rotatable bonds is 13. The molecule has 2 unspecified atom stereocenters. The summed E-state index contributed by atoms with van der Waals surface area (Å²) in [4.78, 5) is 7.52. The monoisotopic (exact) mass is 566 g/mol. The molecule has 2 aromatic heterocycles. The molecule has 2 atom stereocenters. The van der Waals surface area contributed by atoms with Gasteiger partial charge in [-0.15, -0.1) is 0 Å². The first-order valence-electron chi connectivity index (χ1n) is 12.5. The van der Waals surface area contributed by atoms with Crippen LogP contribution in [0.15, 0.2) is 12.1 Å². The maximum absolute atomic E-state index is 2.76. The Bertz CT molecular complexity index is 788. The number of aryl methyl sites for hydroxylation is 1. The predicted octanol–water partition coefficient (Wildman–Crippen LogP) is 7.47. The van der Waals surface area contributed by atoms with E-state index in [9.17, 15) is 0 Å². The number of hydrogen-bond donors (Lipinski definition) is 0. The SMILES string of the molecule is CCCCC(CC)C[Si]1(CC(CC)CCCC)c2cc(C)sc2-c2s[c]([Sn][CH3])cc21. The molecule has 0 amide bonds. The van der Waals surface area contributed by atoms with Crippen LogP contribution in [0.2, 0.25) is 17.0 Å². The molecule has 0 N–H and O–H groups in total. The molecule has 0 saturated heterocycles. The molecule has 0 spiro atoms. The van der Waals surface area contributed by atoms with E-state index in [2.05, 4.69) is 74.4 Å². The van der Waals surface area contributed by atoms with E-state index >= 15 is 0 Å². The van der Waals surface area contributed by atoms with Crippen LogP contribution in [0.25, 0.3) is 9.75 Å². The average Bonchev–Trinajstić information content (AvgIpc) is 3.41. The normalized spacial score (nSPS) is 19.7. The van der Waals surface area contributed by atoms with Gasteiger partial charge in [-0.25, -0.2) is 0 Å². The summed E-state index contributed by atoms with van der Waals surface area (Å²) >= 11 is 3.96. The Morgan fingerprint density at radius 1 is 0.833 bits per heavy atom. The van der Waals surface area contributed by atoms with Crippen LogP contribution in [0.5, 0.6) is 0 Å². The van der Waals surface area contributed by atoms with Crippen molar-refractivity contribution in [3.8, 4) is 9.75 Å². The molecule has 4 heteroatoms. The molecule has 3 heterocycles. The standard InChI is InChI=1S/C25H39S2Si.CH3.Sn/c1-6-10-12-20(8-3)17-28(18-21(9-4)13-11-7-2)22-14-15-26-24(22)25-23(28)16-19(5)27-25;;/h14,16,20-21H,6-13,17-18H2,1-5H3;1H3;. The minimum absolute atomic E-state index is 0.357. The third-order valence-electron chi connectivity index (χ3n) is 7.43. The van der Waals surface area contributed by atoms with Gasteiger partial charge in [-0.3, -0.25) is 0 Å². The van der Waals surface area contributed by atoms with E-state index in [0.717, 1.165) is 11.8 Å². The molecule has 0 fully saturated rings. The number of hydrogen-bond acceptors (Lipinski definition) is 2. The molecule has 0 aliphatic carbocycles. The second-order valence-corrected chi connectivity index (χ2v) is 19.9. The van der Waals surface area contributed by atoms with Gasteiger partial charge >= 0.3 is 207 Å². The molecule has 2 radical (unpaired) electrons. The third kappa shape index (κ3) is 5.15. The van der Waals surface area contributed by atoms with Crippen LogP contribution in [0.3, 0.4) is 0 Å². The van der Waals surface area contributed by atoms with Gasteiger partial charge < -0.3 is 0 Å². The van der Waals surface area contributed by atoms with Gasteiger partial charge in [-0.1, -0.05) is 0 Å². The fraction of sp³-hybridized carbons (Fsp3) is 0.692. The molecule has 0 bridgehead atoms. The van der Waals surface area contributed by atoms with Gasteiger partial charge in [0.05, 0.1) is 0 Å². The first-order valence-corrected chi connectivity index (χ1v) is 20.8. The van der Waals surface area contributed by atoms with Crippen LogP contribution < -0.4 is 13.3 Å². The van der Waals surface area contributed by atoms with Crippen molar-refractivity contribution in [3.63, 3.8) is 0 Å². The van der Waals surface area contributed by atoms with E-state index in [1.807, 2.05) is 10.4 Å². The Balaban J connectivity index is 2.09. The molecule has 30 heavy (non-hydrogen) atoms. The Morgan fingerprint density at radius 2 is 1.37 bits per heavy atom. The van der Waals surface area contributed by atoms with E-state index in [1.165, 1.54) is 63.5 Å². The Hall–Kier alpha value is 0.416. The molecule has 2 aromatic rings. The van der Waals surface area contributed by atoms with E-state index in [4.69, 9.17) is 0 Å². The van der Waals surface area contributed by atoms with Crippen LogP contribution in [-0.4, -0.2) is 29.2 Å². The van der Waals surface area contributed by atoms with Gasteiger partial charge in [0, 0.05) is 0 Å². The molecule has 0 aromatic carbocycles. The van der Waals surface area contributed by atoms with Crippen molar-refractivity contribution in [2.45, 2.75) is 103 Å². The van der Waals surface area contributed by atoms with Gasteiger partial charge in [-0.05, 0) is 0 Å². The van der Waals surface area contributed by atoms with Crippen LogP contribution in [0, 0.1) is 18.8 Å². The first-order chi connectivity index (χ1) is 14.5. The van der Waals surface area contributed by atoms with E-state index < -0.39 is 8.07 Å². The van der Waals surface area contributed by atoms with Crippen molar-refractivity contribution in [1.82, 2.24) is 0 Å². The van der Waals surface area contributed by atoms with Gasteiger partial charge in [0.2, 0.25) is 0 Å². The quantitative estimate of drug-likeness (QED) is 0.221. The topological polar surface area (TPSA) is 0 Å². The Kier molecular flexibility index (Phi) is 9.61. The second kappa shape index (κ2) is 11.5. The van der Waals surface area contributed by atoms with Crippen LogP contribution in [0.1, 0.15) is 83.9 Å². The zero-order chi connectivity index (χ0) is 21.7. The molecular formula is C26H42S2SiSn. The van der Waals surface area contributed by atoms with Gasteiger partial charge in [0.1, 0.15) is 0 Å². The van der Waals surface area contributed by atoms with Crippen molar-refractivity contribution in [1.29, 1.82) is 0 Å². The van der Waals surface area contributed by atoms with Crippen molar-refractivity contribution in [3.05, 3.63) is 17.0 Å². The van der Waals surface area contributed by atoms with E-state index in [-0.39, 0.29) is 21.1 Å². The van der Waals surface area contributed by atoms with Crippen LogP contribution in [0.4, 0.5) is 0 Å². The molecule has 1 aliphatic rings. The Morgan fingerprint density at radius 3 is 1.87 bits per heavy atom. The molecule has 3 rings (SSSR count). The molecule has 0 saturated carbocycles. The molecule has 1 aliphatic heterocycles. The molecular weight excluding hydrogens is 523 g/mol. The summed E-state index contributed by atoms with van der Waals surface area (Å²) in [6.45, 7) is 12.0.